The van der Waals surface area contributed by atoms with Crippen molar-refractivity contribution in [3.8, 4) is 5.75 Å². The van der Waals surface area contributed by atoms with Crippen molar-refractivity contribution in [3.63, 3.8) is 0 Å². The number of aromatic nitrogens is 2. The van der Waals surface area contributed by atoms with Gasteiger partial charge in [0.1, 0.15) is 17.9 Å². The Morgan fingerprint density at radius 1 is 1.00 bits per heavy atom. The summed E-state index contributed by atoms with van der Waals surface area (Å²) in [4.78, 5) is 10.9. The topological polar surface area (TPSA) is 56.7 Å². The highest BCUT2D eigenvalue weighted by Gasteiger charge is 2.12. The number of methoxy groups -OCH3 is 3. The maximum absolute atomic E-state index is 5.24. The van der Waals surface area contributed by atoms with Crippen LogP contribution in [0.2, 0.25) is 0 Å². The van der Waals surface area contributed by atoms with Crippen LogP contribution in [0.5, 0.6) is 5.75 Å². The molecule has 1 aromatic carbocycles. The van der Waals surface area contributed by atoms with Crippen LogP contribution in [0.3, 0.4) is 0 Å². The molecular weight excluding hydrogens is 270 g/mol. The average molecular weight is 291 g/mol. The number of fused-ring (bicyclic) bond motifs is 1. The Bertz CT molecular complexity index is 569. The van der Waals surface area contributed by atoms with Crippen molar-refractivity contribution in [2.75, 3.05) is 52.5 Å². The van der Waals surface area contributed by atoms with Gasteiger partial charge in [0.25, 0.3) is 0 Å². The molecule has 0 N–H and O–H groups in total. The van der Waals surface area contributed by atoms with E-state index >= 15 is 0 Å². The first-order valence-corrected chi connectivity index (χ1v) is 6.81. The molecule has 6 heteroatoms. The highest BCUT2D eigenvalue weighted by atomic mass is 16.5. The molecule has 1 heterocycles. The highest BCUT2D eigenvalue weighted by Crippen LogP contribution is 2.26. The Labute approximate surface area is 124 Å². The van der Waals surface area contributed by atoms with Gasteiger partial charge in [0, 0.05) is 38.8 Å². The molecule has 0 saturated heterocycles. The highest BCUT2D eigenvalue weighted by molar-refractivity contribution is 5.90. The van der Waals surface area contributed by atoms with Gasteiger partial charge in [0.2, 0.25) is 0 Å². The fraction of sp³-hybridized carbons (Fsp3) is 0.467. The Balaban J connectivity index is 2.36. The molecule has 0 radical (unpaired) electrons. The van der Waals surface area contributed by atoms with Crippen LogP contribution in [0.15, 0.2) is 24.5 Å². The Morgan fingerprint density at radius 2 is 1.71 bits per heavy atom. The summed E-state index contributed by atoms with van der Waals surface area (Å²) in [6, 6.07) is 5.81. The first kappa shape index (κ1) is 15.5. The molecular formula is C15H21N3O3. The number of rotatable bonds is 8. The minimum Gasteiger partial charge on any atom is -0.497 e. The zero-order chi connectivity index (χ0) is 15.1. The maximum atomic E-state index is 5.24. The molecule has 0 aliphatic heterocycles. The van der Waals surface area contributed by atoms with E-state index in [1.807, 2.05) is 18.2 Å². The van der Waals surface area contributed by atoms with E-state index in [-0.39, 0.29) is 0 Å². The smallest absolute Gasteiger partial charge is 0.140 e. The van der Waals surface area contributed by atoms with Crippen LogP contribution in [0, 0.1) is 0 Å². The van der Waals surface area contributed by atoms with Crippen molar-refractivity contribution in [2.24, 2.45) is 0 Å². The fourth-order valence-electron chi connectivity index (χ4n) is 2.13. The fourth-order valence-corrected chi connectivity index (χ4v) is 2.13. The van der Waals surface area contributed by atoms with Gasteiger partial charge in [-0.2, -0.15) is 0 Å². The number of hydrogen-bond acceptors (Lipinski definition) is 6. The minimum absolute atomic E-state index is 0.630. The SMILES string of the molecule is COCCN(CCOC)c1ncnc2cc(OC)ccc12. The second kappa shape index (κ2) is 7.75. The van der Waals surface area contributed by atoms with Crippen molar-refractivity contribution in [1.29, 1.82) is 0 Å². The molecule has 6 nitrogen and oxygen atoms in total. The average Bonchev–Trinajstić information content (AvgIpc) is 2.54. The van der Waals surface area contributed by atoms with E-state index < -0.39 is 0 Å². The van der Waals surface area contributed by atoms with Gasteiger partial charge in [-0.1, -0.05) is 0 Å². The van der Waals surface area contributed by atoms with Crippen LogP contribution in [-0.2, 0) is 9.47 Å². The predicted octanol–water partition coefficient (Wildman–Crippen LogP) is 1.74. The summed E-state index contributed by atoms with van der Waals surface area (Å²) in [6.45, 7) is 2.76. The van der Waals surface area contributed by atoms with Gasteiger partial charge in [-0.25, -0.2) is 9.97 Å². The van der Waals surface area contributed by atoms with Crippen LogP contribution >= 0.6 is 0 Å². The molecule has 0 fully saturated rings. The molecule has 0 spiro atoms. The summed E-state index contributed by atoms with van der Waals surface area (Å²) in [5, 5.41) is 0.991. The van der Waals surface area contributed by atoms with Crippen LogP contribution < -0.4 is 9.64 Å². The van der Waals surface area contributed by atoms with Crippen molar-refractivity contribution < 1.29 is 14.2 Å². The molecule has 0 bridgehead atoms. The van der Waals surface area contributed by atoms with Crippen LogP contribution in [0.25, 0.3) is 10.9 Å². The van der Waals surface area contributed by atoms with E-state index in [9.17, 15) is 0 Å². The Hall–Kier alpha value is -1.92. The quantitative estimate of drug-likeness (QED) is 0.738. The second-order valence-electron chi connectivity index (χ2n) is 4.55. The molecule has 114 valence electrons. The third-order valence-electron chi connectivity index (χ3n) is 3.25. The van der Waals surface area contributed by atoms with Crippen LogP contribution in [0.1, 0.15) is 0 Å². The third-order valence-corrected chi connectivity index (χ3v) is 3.25. The molecule has 0 aliphatic rings. The lowest BCUT2D eigenvalue weighted by Gasteiger charge is -2.24. The van der Waals surface area contributed by atoms with E-state index in [0.717, 1.165) is 35.6 Å². The third kappa shape index (κ3) is 3.80. The van der Waals surface area contributed by atoms with Gasteiger partial charge in [-0.15, -0.1) is 0 Å². The number of hydrogen-bond donors (Lipinski definition) is 0. The van der Waals surface area contributed by atoms with E-state index in [2.05, 4.69) is 14.9 Å². The largest absolute Gasteiger partial charge is 0.497 e. The van der Waals surface area contributed by atoms with Crippen LogP contribution in [0.4, 0.5) is 5.82 Å². The first-order valence-electron chi connectivity index (χ1n) is 6.81. The molecule has 0 amide bonds. The monoisotopic (exact) mass is 291 g/mol. The van der Waals surface area contributed by atoms with E-state index in [0.29, 0.717) is 13.2 Å². The summed E-state index contributed by atoms with van der Waals surface area (Å²) in [7, 11) is 5.03. The molecule has 2 aromatic rings. The van der Waals surface area contributed by atoms with E-state index in [1.54, 1.807) is 27.7 Å². The number of benzene rings is 1. The zero-order valence-electron chi connectivity index (χ0n) is 12.7. The number of nitrogens with zero attached hydrogens (tertiary/aromatic N) is 3. The zero-order valence-corrected chi connectivity index (χ0v) is 12.7. The van der Waals surface area contributed by atoms with E-state index in [1.165, 1.54) is 0 Å². The van der Waals surface area contributed by atoms with Gasteiger partial charge in [-0.05, 0) is 12.1 Å². The van der Waals surface area contributed by atoms with Crippen molar-refractivity contribution >= 4 is 16.7 Å². The molecule has 0 saturated carbocycles. The summed E-state index contributed by atoms with van der Waals surface area (Å²) < 4.78 is 15.6. The van der Waals surface area contributed by atoms with Crippen molar-refractivity contribution in [3.05, 3.63) is 24.5 Å². The second-order valence-corrected chi connectivity index (χ2v) is 4.55. The normalized spacial score (nSPS) is 10.8. The molecule has 0 atom stereocenters. The summed E-state index contributed by atoms with van der Waals surface area (Å²) in [5.74, 6) is 1.67. The lowest BCUT2D eigenvalue weighted by molar-refractivity contribution is 0.190. The Morgan fingerprint density at radius 3 is 2.33 bits per heavy atom. The number of anilines is 1. The van der Waals surface area contributed by atoms with E-state index in [4.69, 9.17) is 14.2 Å². The van der Waals surface area contributed by atoms with Gasteiger partial charge >= 0.3 is 0 Å². The summed E-state index contributed by atoms with van der Waals surface area (Å²) >= 11 is 0. The standard InChI is InChI=1S/C15H21N3O3/c1-19-8-6-18(7-9-20-2)15-13-5-4-12(21-3)10-14(13)16-11-17-15/h4-5,10-11H,6-9H2,1-3H3. The van der Waals surface area contributed by atoms with Gasteiger partial charge in [-0.3, -0.25) is 0 Å². The number of ether oxygens (including phenoxy) is 3. The molecule has 0 unspecified atom stereocenters. The van der Waals surface area contributed by atoms with Crippen molar-refractivity contribution in [2.45, 2.75) is 0 Å². The molecule has 1 aromatic heterocycles. The lowest BCUT2D eigenvalue weighted by atomic mass is 10.2. The summed E-state index contributed by atoms with van der Waals surface area (Å²) in [6.07, 6.45) is 1.57. The first-order chi connectivity index (χ1) is 10.3. The molecule has 21 heavy (non-hydrogen) atoms. The predicted molar refractivity (Wildman–Crippen MR) is 82.1 cm³/mol. The van der Waals surface area contributed by atoms with Crippen molar-refractivity contribution in [1.82, 2.24) is 9.97 Å². The summed E-state index contributed by atoms with van der Waals surface area (Å²) in [5.41, 5.74) is 0.860. The molecule has 2 rings (SSSR count). The Kier molecular flexibility index (Phi) is 5.71. The lowest BCUT2D eigenvalue weighted by Crippen LogP contribution is -2.31. The van der Waals surface area contributed by atoms with Crippen LogP contribution in [-0.4, -0.2) is 57.6 Å². The maximum Gasteiger partial charge on any atom is 0.140 e. The van der Waals surface area contributed by atoms with Gasteiger partial charge in [0.15, 0.2) is 0 Å². The van der Waals surface area contributed by atoms with Gasteiger partial charge < -0.3 is 19.1 Å². The van der Waals surface area contributed by atoms with Gasteiger partial charge in [0.05, 0.1) is 25.8 Å². The molecule has 0 aliphatic carbocycles. The minimum atomic E-state index is 0.630.